The maximum atomic E-state index is 12.1. The maximum absolute atomic E-state index is 12.1. The van der Waals surface area contributed by atoms with Crippen LogP contribution in [0.4, 0.5) is 0 Å². The number of thiazole rings is 1. The van der Waals surface area contributed by atoms with Gasteiger partial charge in [0.25, 0.3) is 10.2 Å². The van der Waals surface area contributed by atoms with Crippen molar-refractivity contribution in [1.29, 1.82) is 0 Å². The van der Waals surface area contributed by atoms with E-state index in [4.69, 9.17) is 0 Å². The minimum atomic E-state index is -3.31. The van der Waals surface area contributed by atoms with Crippen LogP contribution >= 0.6 is 11.3 Å². The molecule has 2 aromatic heterocycles. The number of hydrogen-bond acceptors (Lipinski definition) is 4. The monoisotopic (exact) mass is 300 g/mol. The summed E-state index contributed by atoms with van der Waals surface area (Å²) < 4.78 is 29.0. The van der Waals surface area contributed by atoms with Gasteiger partial charge in [-0.2, -0.15) is 17.0 Å². The molecular weight excluding hydrogens is 284 g/mol. The molecule has 0 bridgehead atoms. The van der Waals surface area contributed by atoms with Crippen LogP contribution in [-0.2, 0) is 10.2 Å². The fourth-order valence-electron chi connectivity index (χ4n) is 2.42. The van der Waals surface area contributed by atoms with Crippen LogP contribution in [0.2, 0.25) is 0 Å². The van der Waals surface area contributed by atoms with Crippen molar-refractivity contribution in [3.8, 4) is 0 Å². The van der Waals surface area contributed by atoms with E-state index >= 15 is 0 Å². The second-order valence-corrected chi connectivity index (χ2v) is 7.92. The van der Waals surface area contributed by atoms with E-state index in [1.165, 1.54) is 8.61 Å². The predicted molar refractivity (Wildman–Crippen MR) is 74.6 cm³/mol. The molecule has 1 fully saturated rings. The van der Waals surface area contributed by atoms with Crippen LogP contribution in [-0.4, -0.2) is 53.6 Å². The molecule has 8 heteroatoms. The SMILES string of the molecule is CN(C)S(=O)(=O)N1CC[C@H](c2ncn3ccsc23)C1. The highest BCUT2D eigenvalue weighted by molar-refractivity contribution is 7.86. The van der Waals surface area contributed by atoms with E-state index in [1.807, 2.05) is 16.0 Å². The van der Waals surface area contributed by atoms with Crippen molar-refractivity contribution in [3.63, 3.8) is 0 Å². The quantitative estimate of drug-likeness (QED) is 0.849. The number of rotatable bonds is 3. The summed E-state index contributed by atoms with van der Waals surface area (Å²) in [4.78, 5) is 5.56. The molecular formula is C11H16N4O2S2. The van der Waals surface area contributed by atoms with Gasteiger partial charge in [-0.05, 0) is 6.42 Å². The molecule has 0 N–H and O–H groups in total. The topological polar surface area (TPSA) is 57.9 Å². The first-order valence-corrected chi connectivity index (χ1v) is 8.35. The molecule has 2 aromatic rings. The van der Waals surface area contributed by atoms with Gasteiger partial charge >= 0.3 is 0 Å². The molecule has 1 aliphatic heterocycles. The highest BCUT2D eigenvalue weighted by Crippen LogP contribution is 2.32. The van der Waals surface area contributed by atoms with Gasteiger partial charge < -0.3 is 0 Å². The minimum absolute atomic E-state index is 0.193. The molecule has 1 saturated heterocycles. The van der Waals surface area contributed by atoms with E-state index in [2.05, 4.69) is 4.98 Å². The molecule has 0 unspecified atom stereocenters. The molecule has 104 valence electrons. The third-order valence-electron chi connectivity index (χ3n) is 3.50. The van der Waals surface area contributed by atoms with Gasteiger partial charge in [0.05, 0.1) is 5.69 Å². The summed E-state index contributed by atoms with van der Waals surface area (Å²) >= 11 is 1.64. The van der Waals surface area contributed by atoms with Gasteiger partial charge in [0.15, 0.2) is 0 Å². The zero-order chi connectivity index (χ0) is 13.6. The van der Waals surface area contributed by atoms with Crippen LogP contribution in [0.15, 0.2) is 17.9 Å². The number of nitrogens with zero attached hydrogens (tertiary/aromatic N) is 4. The summed E-state index contributed by atoms with van der Waals surface area (Å²) in [6.07, 6.45) is 4.60. The summed E-state index contributed by atoms with van der Waals surface area (Å²) in [7, 11) is -0.173. The van der Waals surface area contributed by atoms with Crippen molar-refractivity contribution in [2.24, 2.45) is 0 Å². The lowest BCUT2D eigenvalue weighted by molar-refractivity contribution is 0.418. The average molecular weight is 300 g/mol. The molecule has 19 heavy (non-hydrogen) atoms. The van der Waals surface area contributed by atoms with Crippen molar-refractivity contribution in [2.75, 3.05) is 27.2 Å². The first-order chi connectivity index (χ1) is 9.00. The Morgan fingerprint density at radius 2 is 2.26 bits per heavy atom. The molecule has 3 heterocycles. The molecule has 1 atom stereocenters. The summed E-state index contributed by atoms with van der Waals surface area (Å²) in [6, 6.07) is 0. The second-order valence-electron chi connectivity index (χ2n) is 4.88. The van der Waals surface area contributed by atoms with Crippen molar-refractivity contribution >= 4 is 26.4 Å². The number of fused-ring (bicyclic) bond motifs is 1. The fourth-order valence-corrected chi connectivity index (χ4v) is 4.48. The highest BCUT2D eigenvalue weighted by atomic mass is 32.2. The largest absolute Gasteiger partial charge is 0.297 e. The lowest BCUT2D eigenvalue weighted by atomic mass is 10.1. The Morgan fingerprint density at radius 1 is 1.47 bits per heavy atom. The third-order valence-corrected chi connectivity index (χ3v) is 6.31. The number of hydrogen-bond donors (Lipinski definition) is 0. The van der Waals surface area contributed by atoms with Gasteiger partial charge in [-0.1, -0.05) is 0 Å². The van der Waals surface area contributed by atoms with E-state index in [9.17, 15) is 8.42 Å². The summed E-state index contributed by atoms with van der Waals surface area (Å²) in [5, 5.41) is 2.02. The Kier molecular flexibility index (Phi) is 3.12. The Morgan fingerprint density at radius 3 is 3.00 bits per heavy atom. The minimum Gasteiger partial charge on any atom is -0.297 e. The van der Waals surface area contributed by atoms with Crippen LogP contribution in [0, 0.1) is 0 Å². The van der Waals surface area contributed by atoms with Crippen LogP contribution in [0.3, 0.4) is 0 Å². The van der Waals surface area contributed by atoms with Gasteiger partial charge in [0.2, 0.25) is 0 Å². The smallest absolute Gasteiger partial charge is 0.281 e. The molecule has 1 aliphatic rings. The first-order valence-electron chi connectivity index (χ1n) is 6.08. The average Bonchev–Trinajstić information content (AvgIpc) is 3.04. The van der Waals surface area contributed by atoms with Gasteiger partial charge in [-0.15, -0.1) is 11.3 Å². The molecule has 0 saturated carbocycles. The van der Waals surface area contributed by atoms with E-state index in [-0.39, 0.29) is 5.92 Å². The van der Waals surface area contributed by atoms with Crippen molar-refractivity contribution in [2.45, 2.75) is 12.3 Å². The highest BCUT2D eigenvalue weighted by Gasteiger charge is 2.35. The van der Waals surface area contributed by atoms with Gasteiger partial charge in [0, 0.05) is 44.7 Å². The van der Waals surface area contributed by atoms with Gasteiger partial charge in [-0.25, -0.2) is 4.98 Å². The zero-order valence-electron chi connectivity index (χ0n) is 10.9. The standard InChI is InChI=1S/C11H16N4O2S2/c1-13(2)19(16,17)15-4-3-9(7-15)10-11-14(8-12-10)5-6-18-11/h5-6,8-9H,3-4,7H2,1-2H3/t9-/m0/s1. The Balaban J connectivity index is 1.85. The Labute approximate surface area is 116 Å². The summed E-state index contributed by atoms with van der Waals surface area (Å²) in [5.41, 5.74) is 1.02. The van der Waals surface area contributed by atoms with Crippen molar-refractivity contribution in [1.82, 2.24) is 18.0 Å². The van der Waals surface area contributed by atoms with E-state index in [0.29, 0.717) is 13.1 Å². The lowest BCUT2D eigenvalue weighted by Crippen LogP contribution is -2.38. The molecule has 0 aromatic carbocycles. The fraction of sp³-hybridized carbons (Fsp3) is 0.545. The molecule has 0 amide bonds. The number of imidazole rings is 1. The summed E-state index contributed by atoms with van der Waals surface area (Å²) in [5.74, 6) is 0.193. The summed E-state index contributed by atoms with van der Waals surface area (Å²) in [6.45, 7) is 1.08. The van der Waals surface area contributed by atoms with Gasteiger partial charge in [-0.3, -0.25) is 4.40 Å². The Bertz CT molecular complexity index is 688. The molecule has 3 rings (SSSR count). The molecule has 0 aliphatic carbocycles. The van der Waals surface area contributed by atoms with Crippen LogP contribution in [0.25, 0.3) is 4.83 Å². The van der Waals surface area contributed by atoms with Gasteiger partial charge in [0.1, 0.15) is 11.2 Å². The van der Waals surface area contributed by atoms with Crippen molar-refractivity contribution < 1.29 is 8.42 Å². The lowest BCUT2D eigenvalue weighted by Gasteiger charge is -2.20. The first kappa shape index (κ1) is 13.0. The number of aromatic nitrogens is 2. The van der Waals surface area contributed by atoms with E-state index in [0.717, 1.165) is 16.9 Å². The van der Waals surface area contributed by atoms with E-state index in [1.54, 1.807) is 31.8 Å². The molecule has 0 radical (unpaired) electrons. The third kappa shape index (κ3) is 2.08. The Hall–Kier alpha value is -0.960. The predicted octanol–water partition coefficient (Wildman–Crippen LogP) is 0.992. The van der Waals surface area contributed by atoms with E-state index < -0.39 is 10.2 Å². The van der Waals surface area contributed by atoms with Crippen LogP contribution in [0.5, 0.6) is 0 Å². The zero-order valence-corrected chi connectivity index (χ0v) is 12.5. The van der Waals surface area contributed by atoms with Crippen LogP contribution in [0.1, 0.15) is 18.0 Å². The normalized spacial score (nSPS) is 21.7. The molecule has 6 nitrogen and oxygen atoms in total. The maximum Gasteiger partial charge on any atom is 0.281 e. The van der Waals surface area contributed by atoms with Crippen molar-refractivity contribution in [3.05, 3.63) is 23.6 Å². The second kappa shape index (κ2) is 4.55. The molecule has 0 spiro atoms. The van der Waals surface area contributed by atoms with Crippen LogP contribution < -0.4 is 0 Å².